The van der Waals surface area contributed by atoms with Gasteiger partial charge in [0.2, 0.25) is 0 Å². The molecule has 0 atom stereocenters. The second kappa shape index (κ2) is 5.02. The largest absolute Gasteiger partial charge is 0.295 e. The van der Waals surface area contributed by atoms with Gasteiger partial charge in [-0.3, -0.25) is 14.4 Å². The molecule has 0 fully saturated rings. The summed E-state index contributed by atoms with van der Waals surface area (Å²) in [5.74, 6) is 0. The molecule has 0 radical (unpaired) electrons. The molecule has 0 aliphatic heterocycles. The molecular formula is C12H14N2O4S. The van der Waals surface area contributed by atoms with Crippen LogP contribution < -0.4 is 5.56 Å². The SMILES string of the molecule is CCCc1cc(=O)n(-c2ccc(S(=O)(=O)O)cc2)[nH]1. The summed E-state index contributed by atoms with van der Waals surface area (Å²) in [6.07, 6.45) is 1.69. The highest BCUT2D eigenvalue weighted by molar-refractivity contribution is 7.85. The van der Waals surface area contributed by atoms with Gasteiger partial charge in [0, 0.05) is 11.8 Å². The maximum atomic E-state index is 11.8. The topological polar surface area (TPSA) is 92.2 Å². The fourth-order valence-electron chi connectivity index (χ4n) is 1.80. The maximum absolute atomic E-state index is 11.8. The number of H-pyrrole nitrogens is 1. The first-order valence-corrected chi connectivity index (χ1v) is 7.24. The zero-order valence-corrected chi connectivity index (χ0v) is 11.1. The van der Waals surface area contributed by atoms with Crippen LogP contribution >= 0.6 is 0 Å². The molecule has 2 aromatic rings. The van der Waals surface area contributed by atoms with Crippen LogP contribution in [0.4, 0.5) is 0 Å². The average molecular weight is 282 g/mol. The van der Waals surface area contributed by atoms with E-state index in [1.165, 1.54) is 35.0 Å². The van der Waals surface area contributed by atoms with Crippen molar-refractivity contribution in [2.75, 3.05) is 0 Å². The first-order valence-electron chi connectivity index (χ1n) is 5.80. The summed E-state index contributed by atoms with van der Waals surface area (Å²) in [5, 5.41) is 2.95. The van der Waals surface area contributed by atoms with Gasteiger partial charge in [-0.15, -0.1) is 0 Å². The second-order valence-corrected chi connectivity index (χ2v) is 5.60. The van der Waals surface area contributed by atoms with E-state index in [2.05, 4.69) is 5.10 Å². The molecule has 1 aromatic heterocycles. The zero-order chi connectivity index (χ0) is 14.0. The van der Waals surface area contributed by atoms with Crippen molar-refractivity contribution in [3.05, 3.63) is 46.4 Å². The van der Waals surface area contributed by atoms with Gasteiger partial charge in [0.1, 0.15) is 0 Å². The molecule has 19 heavy (non-hydrogen) atoms. The number of hydrogen-bond donors (Lipinski definition) is 2. The molecule has 0 unspecified atom stereocenters. The molecule has 0 saturated heterocycles. The van der Waals surface area contributed by atoms with Gasteiger partial charge in [0.15, 0.2) is 0 Å². The summed E-state index contributed by atoms with van der Waals surface area (Å²) >= 11 is 0. The molecule has 0 bridgehead atoms. The van der Waals surface area contributed by atoms with Crippen LogP contribution in [0, 0.1) is 0 Å². The van der Waals surface area contributed by atoms with Gasteiger partial charge in [0.25, 0.3) is 15.7 Å². The van der Waals surface area contributed by atoms with Gasteiger partial charge in [-0.25, -0.2) is 4.68 Å². The summed E-state index contributed by atoms with van der Waals surface area (Å²) < 4.78 is 32.0. The minimum Gasteiger partial charge on any atom is -0.295 e. The van der Waals surface area contributed by atoms with E-state index in [0.29, 0.717) is 5.69 Å². The Morgan fingerprint density at radius 3 is 2.42 bits per heavy atom. The third kappa shape index (κ3) is 2.94. The Hall–Kier alpha value is -1.86. The number of nitrogens with one attached hydrogen (secondary N) is 1. The van der Waals surface area contributed by atoms with Crippen LogP contribution in [0.25, 0.3) is 5.69 Å². The summed E-state index contributed by atoms with van der Waals surface area (Å²) in [7, 11) is -4.21. The lowest BCUT2D eigenvalue weighted by atomic mass is 10.3. The minimum atomic E-state index is -4.21. The normalized spacial score (nSPS) is 11.7. The molecule has 2 N–H and O–H groups in total. The van der Waals surface area contributed by atoms with Gasteiger partial charge in [-0.2, -0.15) is 8.42 Å². The van der Waals surface area contributed by atoms with Crippen molar-refractivity contribution in [1.29, 1.82) is 0 Å². The van der Waals surface area contributed by atoms with Gasteiger partial charge >= 0.3 is 0 Å². The monoisotopic (exact) mass is 282 g/mol. The van der Waals surface area contributed by atoms with Crippen molar-refractivity contribution in [3.8, 4) is 5.69 Å². The summed E-state index contributed by atoms with van der Waals surface area (Å²) in [5.41, 5.74) is 1.13. The highest BCUT2D eigenvalue weighted by Gasteiger charge is 2.10. The molecule has 0 aliphatic rings. The Morgan fingerprint density at radius 2 is 1.89 bits per heavy atom. The average Bonchev–Trinajstić information content (AvgIpc) is 2.70. The Labute approximate surface area is 110 Å². The van der Waals surface area contributed by atoms with Crippen molar-refractivity contribution >= 4 is 10.1 Å². The molecule has 1 aromatic carbocycles. The standard InChI is InChI=1S/C12H14N2O4S/c1-2-3-9-8-12(15)14(13-9)10-4-6-11(7-5-10)19(16,17)18/h4-8,13H,2-3H2,1H3,(H,16,17,18). The highest BCUT2D eigenvalue weighted by atomic mass is 32.2. The Bertz CT molecular complexity index is 726. The number of aromatic amines is 1. The molecule has 0 spiro atoms. The Kier molecular flexibility index (Phi) is 3.59. The van der Waals surface area contributed by atoms with E-state index in [4.69, 9.17) is 4.55 Å². The first kappa shape index (κ1) is 13.6. The van der Waals surface area contributed by atoms with Crippen LogP contribution in [0.5, 0.6) is 0 Å². The van der Waals surface area contributed by atoms with Gasteiger partial charge < -0.3 is 0 Å². The molecule has 0 saturated carbocycles. The first-order chi connectivity index (χ1) is 8.91. The maximum Gasteiger partial charge on any atom is 0.294 e. The molecule has 102 valence electrons. The zero-order valence-electron chi connectivity index (χ0n) is 10.3. The quantitative estimate of drug-likeness (QED) is 0.828. The van der Waals surface area contributed by atoms with Crippen molar-refractivity contribution < 1.29 is 13.0 Å². The minimum absolute atomic E-state index is 0.204. The van der Waals surface area contributed by atoms with E-state index in [0.717, 1.165) is 18.5 Å². The molecule has 2 rings (SSSR count). The van der Waals surface area contributed by atoms with Gasteiger partial charge in [-0.05, 0) is 30.7 Å². The van der Waals surface area contributed by atoms with E-state index in [1.54, 1.807) is 0 Å². The van der Waals surface area contributed by atoms with E-state index in [1.807, 2.05) is 6.92 Å². The van der Waals surface area contributed by atoms with E-state index < -0.39 is 10.1 Å². The van der Waals surface area contributed by atoms with E-state index in [-0.39, 0.29) is 10.5 Å². The van der Waals surface area contributed by atoms with Crippen molar-refractivity contribution in [2.24, 2.45) is 0 Å². The van der Waals surface area contributed by atoms with Crippen LogP contribution in [0.2, 0.25) is 0 Å². The summed E-state index contributed by atoms with van der Waals surface area (Å²) in [6, 6.07) is 6.92. The molecule has 0 amide bonds. The fourth-order valence-corrected chi connectivity index (χ4v) is 2.28. The van der Waals surface area contributed by atoms with Crippen molar-refractivity contribution in [1.82, 2.24) is 9.78 Å². The lowest BCUT2D eigenvalue weighted by Crippen LogP contribution is -2.13. The van der Waals surface area contributed by atoms with Crippen molar-refractivity contribution in [3.63, 3.8) is 0 Å². The van der Waals surface area contributed by atoms with E-state index in [9.17, 15) is 13.2 Å². The summed E-state index contributed by atoms with van der Waals surface area (Å²) in [4.78, 5) is 11.6. The van der Waals surface area contributed by atoms with Crippen LogP contribution in [0.1, 0.15) is 19.0 Å². The van der Waals surface area contributed by atoms with Crippen molar-refractivity contribution in [2.45, 2.75) is 24.7 Å². The fraction of sp³-hybridized carbons (Fsp3) is 0.250. The molecule has 7 heteroatoms. The number of aryl methyl sites for hydroxylation is 1. The Balaban J connectivity index is 2.40. The van der Waals surface area contributed by atoms with Gasteiger partial charge in [0.05, 0.1) is 10.6 Å². The number of hydrogen-bond acceptors (Lipinski definition) is 3. The predicted octanol–water partition coefficient (Wildman–Crippen LogP) is 1.36. The van der Waals surface area contributed by atoms with Crippen LogP contribution in [-0.2, 0) is 16.5 Å². The molecular weight excluding hydrogens is 268 g/mol. The number of nitrogens with zero attached hydrogens (tertiary/aromatic N) is 1. The number of rotatable bonds is 4. The number of aromatic nitrogens is 2. The predicted molar refractivity (Wildman–Crippen MR) is 70.2 cm³/mol. The third-order valence-electron chi connectivity index (χ3n) is 2.69. The molecule has 1 heterocycles. The third-order valence-corrected chi connectivity index (χ3v) is 3.55. The lowest BCUT2D eigenvalue weighted by Gasteiger charge is -2.03. The summed E-state index contributed by atoms with van der Waals surface area (Å²) in [6.45, 7) is 2.01. The smallest absolute Gasteiger partial charge is 0.294 e. The lowest BCUT2D eigenvalue weighted by molar-refractivity contribution is 0.483. The van der Waals surface area contributed by atoms with Crippen LogP contribution in [0.15, 0.2) is 40.0 Å². The molecule has 0 aliphatic carbocycles. The van der Waals surface area contributed by atoms with Crippen LogP contribution in [-0.4, -0.2) is 22.8 Å². The molecule has 6 nitrogen and oxygen atoms in total. The highest BCUT2D eigenvalue weighted by Crippen LogP contribution is 2.12. The Morgan fingerprint density at radius 1 is 1.26 bits per heavy atom. The van der Waals surface area contributed by atoms with Crippen LogP contribution in [0.3, 0.4) is 0 Å². The second-order valence-electron chi connectivity index (χ2n) is 4.17. The van der Waals surface area contributed by atoms with E-state index >= 15 is 0 Å². The number of benzene rings is 1. The van der Waals surface area contributed by atoms with Gasteiger partial charge in [-0.1, -0.05) is 13.3 Å².